The fourth-order valence-corrected chi connectivity index (χ4v) is 2.68. The topological polar surface area (TPSA) is 56.1 Å². The highest BCUT2D eigenvalue weighted by atomic mass is 19.4. The normalized spacial score (nSPS) is 11.9. The summed E-state index contributed by atoms with van der Waals surface area (Å²) in [5, 5.41) is 2.89. The molecule has 0 radical (unpaired) electrons. The second-order valence-corrected chi connectivity index (χ2v) is 5.70. The van der Waals surface area contributed by atoms with E-state index in [0.717, 1.165) is 16.7 Å². The van der Waals surface area contributed by atoms with Crippen LogP contribution >= 0.6 is 0 Å². The van der Waals surface area contributed by atoms with Crippen LogP contribution in [0.1, 0.15) is 5.56 Å². The lowest BCUT2D eigenvalue weighted by atomic mass is 10.1. The van der Waals surface area contributed by atoms with E-state index in [1.54, 1.807) is 30.3 Å². The van der Waals surface area contributed by atoms with Crippen molar-refractivity contribution in [1.29, 1.82) is 0 Å². The number of nitrogens with zero attached hydrogens (tertiary/aromatic N) is 2. The highest BCUT2D eigenvalue weighted by molar-refractivity contribution is 5.90. The lowest BCUT2D eigenvalue weighted by Crippen LogP contribution is -2.24. The van der Waals surface area contributed by atoms with Crippen LogP contribution in [0.5, 0.6) is 0 Å². The van der Waals surface area contributed by atoms with Gasteiger partial charge in [0, 0.05) is 11.9 Å². The molecule has 0 aliphatic carbocycles. The van der Waals surface area contributed by atoms with E-state index in [2.05, 4.69) is 15.0 Å². The lowest BCUT2D eigenvalue weighted by Gasteiger charge is -2.16. The molecule has 0 unspecified atom stereocenters. The molecule has 0 atom stereocenters. The average molecular weight is 399 g/mol. The van der Waals surface area contributed by atoms with Crippen molar-refractivity contribution >= 4 is 16.7 Å². The molecule has 3 aromatic rings. The average Bonchev–Trinajstić information content (AvgIpc) is 2.64. The first kappa shape index (κ1) is 19.7. The molecule has 0 spiro atoms. The molecule has 28 heavy (non-hydrogen) atoms. The zero-order valence-corrected chi connectivity index (χ0v) is 14.2. The molecule has 3 rings (SSSR count). The largest absolute Gasteiger partial charge is 0.416 e. The second-order valence-electron chi connectivity index (χ2n) is 5.70. The van der Waals surface area contributed by atoms with Crippen molar-refractivity contribution in [3.8, 4) is 5.69 Å². The number of ether oxygens (including phenoxy) is 1. The molecule has 0 aliphatic heterocycles. The van der Waals surface area contributed by atoms with Crippen molar-refractivity contribution in [1.82, 2.24) is 9.55 Å². The number of nitrogens with one attached hydrogen (secondary N) is 1. The number of para-hydroxylation sites is 1. The summed E-state index contributed by atoms with van der Waals surface area (Å²) in [6.07, 6.45) is -4.60. The molecule has 2 aromatic carbocycles. The number of aromatic nitrogens is 2. The molecule has 0 amide bonds. The highest BCUT2D eigenvalue weighted by Crippen LogP contribution is 2.33. The smallest absolute Gasteiger partial charge is 0.367 e. The van der Waals surface area contributed by atoms with Gasteiger partial charge in [-0.1, -0.05) is 18.2 Å². The highest BCUT2D eigenvalue weighted by Gasteiger charge is 2.31. The number of rotatable bonds is 6. The molecule has 0 saturated carbocycles. The maximum atomic E-state index is 13.2. The van der Waals surface area contributed by atoms with Gasteiger partial charge < -0.3 is 10.1 Å². The first-order chi connectivity index (χ1) is 13.3. The predicted molar refractivity (Wildman–Crippen MR) is 92.8 cm³/mol. The summed E-state index contributed by atoms with van der Waals surface area (Å²) in [6, 6.07) is 11.0. The Kier molecular flexibility index (Phi) is 5.59. The van der Waals surface area contributed by atoms with E-state index in [1.807, 2.05) is 0 Å². The van der Waals surface area contributed by atoms with Gasteiger partial charge in [0.15, 0.2) is 0 Å². The van der Waals surface area contributed by atoms with Crippen LogP contribution in [0, 0.1) is 0 Å². The minimum atomic E-state index is -4.60. The Balaban J connectivity index is 2.13. The predicted octanol–water partition coefficient (Wildman–Crippen LogP) is 4.06. The van der Waals surface area contributed by atoms with Gasteiger partial charge in [-0.15, -0.1) is 0 Å². The molecule has 1 heterocycles. The summed E-state index contributed by atoms with van der Waals surface area (Å²) < 4.78 is 68.8. The minimum absolute atomic E-state index is 0.0150. The number of alkyl halides is 5. The SMILES string of the molecule is O=c1nc(NCCOC(F)F)c2ccc(C(F)(F)F)cc2n1-c1ccccc1. The van der Waals surface area contributed by atoms with E-state index >= 15 is 0 Å². The van der Waals surface area contributed by atoms with E-state index in [0.29, 0.717) is 5.69 Å². The minimum Gasteiger partial charge on any atom is -0.367 e. The van der Waals surface area contributed by atoms with Crippen molar-refractivity contribution in [3.63, 3.8) is 0 Å². The first-order valence-corrected chi connectivity index (χ1v) is 8.10. The maximum Gasteiger partial charge on any atom is 0.416 e. The van der Waals surface area contributed by atoms with Gasteiger partial charge in [0.25, 0.3) is 0 Å². The molecule has 0 fully saturated rings. The Morgan fingerprint density at radius 2 is 1.82 bits per heavy atom. The number of halogens is 5. The Morgan fingerprint density at radius 3 is 2.46 bits per heavy atom. The van der Waals surface area contributed by atoms with E-state index in [4.69, 9.17) is 0 Å². The van der Waals surface area contributed by atoms with E-state index in [-0.39, 0.29) is 29.9 Å². The van der Waals surface area contributed by atoms with Crippen LogP contribution in [0.3, 0.4) is 0 Å². The van der Waals surface area contributed by atoms with Gasteiger partial charge in [-0.25, -0.2) is 4.79 Å². The van der Waals surface area contributed by atoms with Crippen LogP contribution in [0.2, 0.25) is 0 Å². The number of hydrogen-bond acceptors (Lipinski definition) is 4. The molecule has 10 heteroatoms. The molecule has 1 aromatic heterocycles. The zero-order chi connectivity index (χ0) is 20.3. The Hall–Kier alpha value is -3.01. The van der Waals surface area contributed by atoms with Crippen LogP contribution in [-0.2, 0) is 10.9 Å². The van der Waals surface area contributed by atoms with Crippen molar-refractivity contribution in [3.05, 3.63) is 64.6 Å². The fourth-order valence-electron chi connectivity index (χ4n) is 2.68. The second kappa shape index (κ2) is 7.93. The van der Waals surface area contributed by atoms with Gasteiger partial charge in [-0.2, -0.15) is 26.9 Å². The summed E-state index contributed by atoms with van der Waals surface area (Å²) in [5.74, 6) is -0.0150. The van der Waals surface area contributed by atoms with Crippen LogP contribution < -0.4 is 11.0 Å². The molecule has 0 saturated heterocycles. The quantitative estimate of drug-likeness (QED) is 0.502. The first-order valence-electron chi connectivity index (χ1n) is 8.10. The Morgan fingerprint density at radius 1 is 1.11 bits per heavy atom. The number of fused-ring (bicyclic) bond motifs is 1. The summed E-state index contributed by atoms with van der Waals surface area (Å²) in [6.45, 7) is -3.43. The molecule has 0 aliphatic rings. The van der Waals surface area contributed by atoms with E-state index in [9.17, 15) is 26.7 Å². The standard InChI is InChI=1S/C18H14F5N3O2/c19-16(20)28-9-8-24-15-13-7-6-11(18(21,22)23)10-14(13)26(17(27)25-15)12-4-2-1-3-5-12/h1-7,10,16H,8-9H2,(H,24,25,27). The molecule has 148 valence electrons. The van der Waals surface area contributed by atoms with Gasteiger partial charge in [-0.3, -0.25) is 4.57 Å². The van der Waals surface area contributed by atoms with Gasteiger partial charge in [0.05, 0.1) is 23.4 Å². The molecular formula is C18H14F5N3O2. The monoisotopic (exact) mass is 399 g/mol. The van der Waals surface area contributed by atoms with Gasteiger partial charge >= 0.3 is 18.5 Å². The molecule has 0 bridgehead atoms. The summed E-state index contributed by atoms with van der Waals surface area (Å²) in [4.78, 5) is 16.4. The van der Waals surface area contributed by atoms with Crippen LogP contribution in [-0.4, -0.2) is 29.3 Å². The Bertz CT molecular complexity index is 1020. The third kappa shape index (κ3) is 4.28. The fraction of sp³-hybridized carbons (Fsp3) is 0.222. The molecule has 1 N–H and O–H groups in total. The van der Waals surface area contributed by atoms with Gasteiger partial charge in [0.1, 0.15) is 5.82 Å². The maximum absolute atomic E-state index is 13.2. The van der Waals surface area contributed by atoms with Gasteiger partial charge in [-0.05, 0) is 30.3 Å². The summed E-state index contributed by atoms with van der Waals surface area (Å²) in [5.41, 5.74) is -1.41. The third-order valence-corrected chi connectivity index (χ3v) is 3.87. The molecular weight excluding hydrogens is 385 g/mol. The summed E-state index contributed by atoms with van der Waals surface area (Å²) >= 11 is 0. The summed E-state index contributed by atoms with van der Waals surface area (Å²) in [7, 11) is 0. The number of anilines is 1. The zero-order valence-electron chi connectivity index (χ0n) is 14.2. The van der Waals surface area contributed by atoms with Crippen molar-refractivity contribution in [2.45, 2.75) is 12.8 Å². The number of benzene rings is 2. The van der Waals surface area contributed by atoms with Crippen molar-refractivity contribution in [2.24, 2.45) is 0 Å². The van der Waals surface area contributed by atoms with Gasteiger partial charge in [0.2, 0.25) is 0 Å². The van der Waals surface area contributed by atoms with Crippen LogP contribution in [0.25, 0.3) is 16.6 Å². The van der Waals surface area contributed by atoms with Crippen molar-refractivity contribution < 1.29 is 26.7 Å². The number of hydrogen-bond donors (Lipinski definition) is 1. The third-order valence-electron chi connectivity index (χ3n) is 3.87. The van der Waals surface area contributed by atoms with Crippen LogP contribution in [0.4, 0.5) is 27.8 Å². The van der Waals surface area contributed by atoms with Crippen molar-refractivity contribution in [2.75, 3.05) is 18.5 Å². The Labute approximate surface area is 155 Å². The molecule has 5 nitrogen and oxygen atoms in total. The van der Waals surface area contributed by atoms with Crippen LogP contribution in [0.15, 0.2) is 53.3 Å². The van der Waals surface area contributed by atoms with E-state index in [1.165, 1.54) is 6.07 Å². The lowest BCUT2D eigenvalue weighted by molar-refractivity contribution is -0.137. The van der Waals surface area contributed by atoms with E-state index < -0.39 is 24.0 Å².